The molecule has 4 heterocycles. The zero-order valence-electron chi connectivity index (χ0n) is 30.4. The van der Waals surface area contributed by atoms with Crippen molar-refractivity contribution in [2.75, 3.05) is 0 Å². The number of ketones is 4. The van der Waals surface area contributed by atoms with Gasteiger partial charge in [0.1, 0.15) is 74.0 Å². The second-order valence-electron chi connectivity index (χ2n) is 14.5. The van der Waals surface area contributed by atoms with Crippen molar-refractivity contribution >= 4 is 61.6 Å². The van der Waals surface area contributed by atoms with E-state index >= 15 is 0 Å². The summed E-state index contributed by atoms with van der Waals surface area (Å²) >= 11 is 0. The number of Topliss-reactive ketones (excluding diaryl/α,β-unsaturated/α-hetero) is 4. The van der Waals surface area contributed by atoms with Gasteiger partial charge in [0.15, 0.2) is 23.1 Å². The van der Waals surface area contributed by atoms with Gasteiger partial charge in [0.25, 0.3) is 0 Å². The number of phenols is 4. The molecule has 0 amide bonds. The highest BCUT2D eigenvalue weighted by Gasteiger charge is 2.57. The van der Waals surface area contributed by atoms with Crippen molar-refractivity contribution in [3.63, 3.8) is 0 Å². The van der Waals surface area contributed by atoms with Gasteiger partial charge in [-0.2, -0.15) is 0 Å². The molecule has 1 aliphatic heterocycles. The Morgan fingerprint density at radius 3 is 1.46 bits per heavy atom. The molecule has 2 aliphatic rings. The summed E-state index contributed by atoms with van der Waals surface area (Å²) in [4.78, 5) is 50.0. The first-order valence-electron chi connectivity index (χ1n) is 17.8. The van der Waals surface area contributed by atoms with Gasteiger partial charge >= 0.3 is 0 Å². The Kier molecular flexibility index (Phi) is 7.40. The van der Waals surface area contributed by atoms with Crippen molar-refractivity contribution in [3.05, 3.63) is 118 Å². The van der Waals surface area contributed by atoms with Gasteiger partial charge in [-0.25, -0.2) is 0 Å². The average Bonchev–Trinajstić information content (AvgIpc) is 3.92. The monoisotopic (exact) mass is 752 g/mol. The lowest BCUT2D eigenvalue weighted by molar-refractivity contribution is 0.100. The van der Waals surface area contributed by atoms with Crippen LogP contribution in [-0.2, 0) is 5.41 Å². The fourth-order valence-corrected chi connectivity index (χ4v) is 8.38. The maximum absolute atomic E-state index is 12.9. The average molecular weight is 753 g/mol. The lowest BCUT2D eigenvalue weighted by Crippen LogP contribution is -2.37. The van der Waals surface area contributed by atoms with E-state index in [0.717, 1.165) is 0 Å². The molecule has 1 aliphatic carbocycles. The van der Waals surface area contributed by atoms with Crippen molar-refractivity contribution in [2.24, 2.45) is 0 Å². The quantitative estimate of drug-likeness (QED) is 0.113. The first-order valence-corrected chi connectivity index (χ1v) is 17.8. The van der Waals surface area contributed by atoms with Gasteiger partial charge in [0.05, 0.1) is 28.2 Å². The van der Waals surface area contributed by atoms with Crippen LogP contribution in [0.15, 0.2) is 85.7 Å². The third kappa shape index (κ3) is 4.98. The largest absolute Gasteiger partial charge is 0.507 e. The number of benzene rings is 4. The molecule has 0 radical (unpaired) electrons. The van der Waals surface area contributed by atoms with Crippen LogP contribution in [0.1, 0.15) is 111 Å². The topological polar surface area (TPSA) is 198 Å². The maximum Gasteiger partial charge on any atom is 0.163 e. The number of hydrogen-bond acceptors (Lipinski definition) is 12. The highest BCUT2D eigenvalue weighted by atomic mass is 16.5. The van der Waals surface area contributed by atoms with E-state index in [2.05, 4.69) is 0 Å². The molecule has 9 rings (SSSR count). The zero-order valence-corrected chi connectivity index (χ0v) is 30.4. The number of rotatable bonds is 7. The molecular weight excluding hydrogens is 720 g/mol. The second-order valence-corrected chi connectivity index (χ2v) is 14.5. The number of aromatic hydroxyl groups is 4. The van der Waals surface area contributed by atoms with Gasteiger partial charge in [-0.05, 0) is 83.0 Å². The standard InChI is InChI=1S/C44H32O12/c1-18(45)26-7-22-10-38(53-35(22)14-31(26)49)25-5-6-44(40-11-23-8-27(19(2)46)32(50)15-36(23)54-40,41-12-24-9-28(20(3)47)33(51)16-37(24)55-41)42-30-13-29(21(4)48)34(52)17-39(30)56-43(25)42/h7-17,42,49-52H,5-6H2,1-4H3. The molecule has 0 bridgehead atoms. The van der Waals surface area contributed by atoms with Crippen LogP contribution in [0.2, 0.25) is 0 Å². The summed E-state index contributed by atoms with van der Waals surface area (Å²) in [7, 11) is 0. The summed E-state index contributed by atoms with van der Waals surface area (Å²) in [5, 5.41) is 44.7. The number of carbonyl (C=O) groups is 4. The first kappa shape index (κ1) is 34.7. The van der Waals surface area contributed by atoms with Crippen LogP contribution < -0.4 is 4.74 Å². The van der Waals surface area contributed by atoms with Gasteiger partial charge in [-0.1, -0.05) is 0 Å². The van der Waals surface area contributed by atoms with Crippen LogP contribution >= 0.6 is 0 Å². The molecular formula is C44H32O12. The Morgan fingerprint density at radius 1 is 0.554 bits per heavy atom. The van der Waals surface area contributed by atoms with E-state index in [-0.39, 0.29) is 92.4 Å². The molecule has 7 aromatic rings. The Morgan fingerprint density at radius 2 is 0.982 bits per heavy atom. The Bertz CT molecular complexity index is 2870. The van der Waals surface area contributed by atoms with Gasteiger partial charge in [-0.15, -0.1) is 0 Å². The molecule has 56 heavy (non-hydrogen) atoms. The number of furan rings is 3. The molecule has 0 saturated carbocycles. The second kappa shape index (κ2) is 12.0. The van der Waals surface area contributed by atoms with Gasteiger partial charge in [0.2, 0.25) is 0 Å². The van der Waals surface area contributed by atoms with Crippen molar-refractivity contribution in [3.8, 4) is 28.7 Å². The fourth-order valence-electron chi connectivity index (χ4n) is 8.38. The summed E-state index contributed by atoms with van der Waals surface area (Å²) < 4.78 is 26.2. The zero-order chi connectivity index (χ0) is 39.5. The minimum absolute atomic E-state index is 0.0480. The normalized spacial score (nSPS) is 16.0. The highest BCUT2D eigenvalue weighted by Crippen LogP contribution is 2.63. The van der Waals surface area contributed by atoms with E-state index < -0.39 is 17.1 Å². The minimum Gasteiger partial charge on any atom is -0.507 e. The molecule has 12 heteroatoms. The van der Waals surface area contributed by atoms with Crippen LogP contribution in [0, 0.1) is 0 Å². The summed E-state index contributed by atoms with van der Waals surface area (Å²) in [6, 6.07) is 17.0. The maximum atomic E-state index is 12.9. The number of allylic oxidation sites excluding steroid dienone is 2. The predicted molar refractivity (Wildman–Crippen MR) is 202 cm³/mol. The van der Waals surface area contributed by atoms with E-state index in [1.807, 2.05) is 0 Å². The number of phenolic OH excluding ortho intramolecular Hbond substituents is 4. The SMILES string of the molecule is CC(=O)c1cc2c(cc1O)OC1=C(c3cc4cc(C(C)=O)c(O)cc4o3)CCC(c3cc4cc(C(C)=O)c(O)cc4o3)(c3cc4cc(C(C)=O)c(O)cc4o3)C12. The van der Waals surface area contributed by atoms with Crippen molar-refractivity contribution in [2.45, 2.75) is 51.9 Å². The van der Waals surface area contributed by atoms with Crippen LogP contribution in [0.3, 0.4) is 0 Å². The fraction of sp³-hybridized carbons (Fsp3) is 0.182. The van der Waals surface area contributed by atoms with Crippen molar-refractivity contribution in [1.29, 1.82) is 0 Å². The molecule has 0 fully saturated rings. The first-order chi connectivity index (χ1) is 26.6. The molecule has 280 valence electrons. The van der Waals surface area contributed by atoms with Crippen LogP contribution in [0.5, 0.6) is 28.7 Å². The Hall–Kier alpha value is -7.08. The summed E-state index contributed by atoms with van der Waals surface area (Å²) in [5.74, 6) is -1.58. The van der Waals surface area contributed by atoms with E-state index in [0.29, 0.717) is 55.9 Å². The van der Waals surface area contributed by atoms with Gasteiger partial charge < -0.3 is 38.4 Å². The molecule has 0 spiro atoms. The third-order valence-corrected chi connectivity index (χ3v) is 11.1. The number of hydrogen-bond donors (Lipinski definition) is 4. The summed E-state index contributed by atoms with van der Waals surface area (Å²) in [6.45, 7) is 5.38. The van der Waals surface area contributed by atoms with Crippen LogP contribution in [0.25, 0.3) is 38.5 Å². The molecule has 4 N–H and O–H groups in total. The van der Waals surface area contributed by atoms with Crippen molar-refractivity contribution in [1.82, 2.24) is 0 Å². The van der Waals surface area contributed by atoms with E-state index in [1.54, 1.807) is 42.5 Å². The molecule has 1 atom stereocenters. The lowest BCUT2D eigenvalue weighted by atomic mass is 9.61. The Balaban J connectivity index is 1.36. The summed E-state index contributed by atoms with van der Waals surface area (Å²) in [5.41, 5.74) is 1.07. The van der Waals surface area contributed by atoms with Crippen LogP contribution in [-0.4, -0.2) is 43.6 Å². The molecule has 12 nitrogen and oxygen atoms in total. The number of fused-ring (bicyclic) bond motifs is 6. The molecule has 1 unspecified atom stereocenters. The Labute approximate surface area is 316 Å². The molecule has 0 saturated heterocycles. The van der Waals surface area contributed by atoms with Gasteiger partial charge in [-0.3, -0.25) is 19.2 Å². The minimum atomic E-state index is -1.31. The van der Waals surface area contributed by atoms with Crippen molar-refractivity contribution < 1.29 is 57.6 Å². The van der Waals surface area contributed by atoms with E-state index in [1.165, 1.54) is 52.0 Å². The van der Waals surface area contributed by atoms with E-state index in [9.17, 15) is 39.6 Å². The third-order valence-electron chi connectivity index (χ3n) is 11.1. The number of ether oxygens (including phenoxy) is 1. The van der Waals surface area contributed by atoms with Gasteiger partial charge in [0, 0.05) is 51.6 Å². The van der Waals surface area contributed by atoms with Crippen LogP contribution in [0.4, 0.5) is 0 Å². The smallest absolute Gasteiger partial charge is 0.163 e. The summed E-state index contributed by atoms with van der Waals surface area (Å²) in [6.07, 6.45) is 0.506. The molecule has 3 aromatic heterocycles. The highest BCUT2D eigenvalue weighted by molar-refractivity contribution is 6.03. The predicted octanol–water partition coefficient (Wildman–Crippen LogP) is 9.23. The lowest BCUT2D eigenvalue weighted by Gasteiger charge is -2.39. The molecule has 4 aromatic carbocycles. The van der Waals surface area contributed by atoms with E-state index in [4.69, 9.17) is 18.0 Å². The number of carbonyl (C=O) groups excluding carboxylic acids is 4.